The van der Waals surface area contributed by atoms with Crippen molar-refractivity contribution in [2.75, 3.05) is 26.2 Å². The van der Waals surface area contributed by atoms with E-state index in [-0.39, 0.29) is 22.4 Å². The number of piperazine rings is 1. The zero-order chi connectivity index (χ0) is 21.4. The summed E-state index contributed by atoms with van der Waals surface area (Å²) in [5, 5.41) is 1.01. The van der Waals surface area contributed by atoms with Crippen molar-refractivity contribution >= 4 is 34.3 Å². The summed E-state index contributed by atoms with van der Waals surface area (Å²) in [5.41, 5.74) is 3.52. The van der Waals surface area contributed by atoms with E-state index >= 15 is 0 Å². The number of carbonyl (C=O) groups is 2. The van der Waals surface area contributed by atoms with E-state index in [4.69, 9.17) is 11.6 Å². The van der Waals surface area contributed by atoms with Crippen LogP contribution in [0.5, 0.6) is 0 Å². The van der Waals surface area contributed by atoms with Gasteiger partial charge in [-0.2, -0.15) is 0 Å². The third-order valence-corrected chi connectivity index (χ3v) is 5.72. The molecule has 1 aliphatic rings. The van der Waals surface area contributed by atoms with Crippen LogP contribution in [0.3, 0.4) is 0 Å². The quantitative estimate of drug-likeness (QED) is 0.617. The highest BCUT2D eigenvalue weighted by Gasteiger charge is 2.27. The van der Waals surface area contributed by atoms with Crippen LogP contribution in [-0.4, -0.2) is 52.8 Å². The number of carbonyl (C=O) groups excluding carboxylic acids is 2. The lowest BCUT2D eigenvalue weighted by atomic mass is 10.1. The number of aryl methyl sites for hydroxylation is 2. The predicted molar refractivity (Wildman–Crippen MR) is 114 cm³/mol. The number of benzene rings is 2. The van der Waals surface area contributed by atoms with Crippen molar-refractivity contribution < 1.29 is 14.0 Å². The minimum absolute atomic E-state index is 0.0885. The highest BCUT2D eigenvalue weighted by molar-refractivity contribution is 6.33. The fourth-order valence-corrected chi connectivity index (χ4v) is 3.95. The van der Waals surface area contributed by atoms with Crippen LogP contribution in [0.1, 0.15) is 32.0 Å². The van der Waals surface area contributed by atoms with Crippen LogP contribution >= 0.6 is 11.6 Å². The van der Waals surface area contributed by atoms with Gasteiger partial charge < -0.3 is 9.80 Å². The van der Waals surface area contributed by atoms with Crippen LogP contribution in [0.2, 0.25) is 5.02 Å². The Morgan fingerprint density at radius 3 is 2.17 bits per heavy atom. The predicted octanol–water partition coefficient (Wildman–Crippen LogP) is 4.24. The molecule has 1 aromatic heterocycles. The molecule has 0 bridgehead atoms. The topological polar surface area (TPSA) is 53.5 Å². The summed E-state index contributed by atoms with van der Waals surface area (Å²) in [7, 11) is 0. The smallest absolute Gasteiger partial charge is 0.255 e. The molecule has 2 heterocycles. The zero-order valence-corrected chi connectivity index (χ0v) is 17.5. The van der Waals surface area contributed by atoms with Gasteiger partial charge >= 0.3 is 0 Å². The fraction of sp³-hybridized carbons (Fsp3) is 0.261. The number of rotatable bonds is 2. The summed E-state index contributed by atoms with van der Waals surface area (Å²) < 4.78 is 13.2. The molecule has 154 valence electrons. The van der Waals surface area contributed by atoms with Crippen LogP contribution in [0.15, 0.2) is 42.5 Å². The van der Waals surface area contributed by atoms with E-state index < -0.39 is 5.82 Å². The molecule has 30 heavy (non-hydrogen) atoms. The molecule has 0 radical (unpaired) electrons. The molecule has 4 rings (SSSR count). The molecule has 2 amide bonds. The second-order valence-corrected chi connectivity index (χ2v) is 7.93. The maximum Gasteiger partial charge on any atom is 0.255 e. The minimum atomic E-state index is -0.485. The number of nitrogens with zero attached hydrogens (tertiary/aromatic N) is 3. The van der Waals surface area contributed by atoms with E-state index in [1.54, 1.807) is 9.80 Å². The van der Waals surface area contributed by atoms with Gasteiger partial charge in [0.25, 0.3) is 11.8 Å². The van der Waals surface area contributed by atoms with Gasteiger partial charge in [-0.1, -0.05) is 23.7 Å². The average molecular weight is 426 g/mol. The second-order valence-electron chi connectivity index (χ2n) is 7.53. The van der Waals surface area contributed by atoms with Crippen molar-refractivity contribution in [1.82, 2.24) is 14.8 Å². The molecule has 0 spiro atoms. The summed E-state index contributed by atoms with van der Waals surface area (Å²) in [6.45, 7) is 5.44. The lowest BCUT2D eigenvalue weighted by molar-refractivity contribution is 0.0535. The third kappa shape index (κ3) is 3.87. The van der Waals surface area contributed by atoms with E-state index in [0.717, 1.165) is 22.5 Å². The van der Waals surface area contributed by atoms with Crippen molar-refractivity contribution in [2.24, 2.45) is 0 Å². The molecule has 1 aliphatic heterocycles. The molecular weight excluding hydrogens is 405 g/mol. The molecule has 7 heteroatoms. The second kappa shape index (κ2) is 8.03. The first-order chi connectivity index (χ1) is 14.3. The molecule has 1 fully saturated rings. The molecule has 5 nitrogen and oxygen atoms in total. The van der Waals surface area contributed by atoms with Crippen molar-refractivity contribution in [3.8, 4) is 0 Å². The first-order valence-corrected chi connectivity index (χ1v) is 10.1. The molecule has 2 aromatic carbocycles. The van der Waals surface area contributed by atoms with E-state index in [0.29, 0.717) is 37.4 Å². The van der Waals surface area contributed by atoms with Gasteiger partial charge in [-0.25, -0.2) is 4.39 Å². The van der Waals surface area contributed by atoms with Gasteiger partial charge in [-0.05, 0) is 49.7 Å². The summed E-state index contributed by atoms with van der Waals surface area (Å²) in [6.07, 6.45) is 0. The number of hydrogen-bond donors (Lipinski definition) is 0. The summed E-state index contributed by atoms with van der Waals surface area (Å²) >= 11 is 6.02. The van der Waals surface area contributed by atoms with Gasteiger partial charge in [0.05, 0.1) is 27.4 Å². The van der Waals surface area contributed by atoms with Gasteiger partial charge in [0.15, 0.2) is 0 Å². The number of pyridine rings is 1. The highest BCUT2D eigenvalue weighted by atomic mass is 35.5. The zero-order valence-electron chi connectivity index (χ0n) is 16.8. The number of halogens is 2. The molecule has 0 saturated carbocycles. The standard InChI is InChI=1S/C23H21ClFN3O2/c1-14-3-4-16-12-19(15(2)26-21(16)11-14)23(30)28-9-7-27(8-10-28)22(29)18-6-5-17(25)13-20(18)24/h3-6,11-13H,7-10H2,1-2H3. The van der Waals surface area contributed by atoms with Crippen molar-refractivity contribution in [3.05, 3.63) is 75.7 Å². The Morgan fingerprint density at radius 2 is 1.53 bits per heavy atom. The fourth-order valence-electron chi connectivity index (χ4n) is 3.71. The summed E-state index contributed by atoms with van der Waals surface area (Å²) in [5.74, 6) is -0.832. The lowest BCUT2D eigenvalue weighted by Crippen LogP contribution is -2.50. The molecule has 0 aliphatic carbocycles. The number of amides is 2. The number of hydrogen-bond acceptors (Lipinski definition) is 3. The van der Waals surface area contributed by atoms with Crippen LogP contribution in [0.25, 0.3) is 10.9 Å². The molecule has 1 saturated heterocycles. The SMILES string of the molecule is Cc1ccc2cc(C(=O)N3CCN(C(=O)c4ccc(F)cc4Cl)CC3)c(C)nc2c1. The van der Waals surface area contributed by atoms with Crippen LogP contribution < -0.4 is 0 Å². The van der Waals surface area contributed by atoms with Gasteiger partial charge in [-0.15, -0.1) is 0 Å². The van der Waals surface area contributed by atoms with Crippen LogP contribution in [0, 0.1) is 19.7 Å². The maximum absolute atomic E-state index is 13.2. The van der Waals surface area contributed by atoms with E-state index in [1.165, 1.54) is 12.1 Å². The van der Waals surface area contributed by atoms with Crippen molar-refractivity contribution in [3.63, 3.8) is 0 Å². The number of aromatic nitrogens is 1. The Hall–Kier alpha value is -2.99. The molecule has 0 atom stereocenters. The first kappa shape index (κ1) is 20.3. The average Bonchev–Trinajstić information content (AvgIpc) is 2.72. The van der Waals surface area contributed by atoms with Crippen molar-refractivity contribution in [2.45, 2.75) is 13.8 Å². The minimum Gasteiger partial charge on any atom is -0.335 e. The Kier molecular flexibility index (Phi) is 5.43. The number of fused-ring (bicyclic) bond motifs is 1. The van der Waals surface area contributed by atoms with Gasteiger partial charge in [0.1, 0.15) is 5.82 Å². The van der Waals surface area contributed by atoms with E-state index in [2.05, 4.69) is 4.98 Å². The monoisotopic (exact) mass is 425 g/mol. The van der Waals surface area contributed by atoms with Crippen molar-refractivity contribution in [1.29, 1.82) is 0 Å². The summed E-state index contributed by atoms with van der Waals surface area (Å²) in [6, 6.07) is 11.6. The van der Waals surface area contributed by atoms with E-state index in [9.17, 15) is 14.0 Å². The maximum atomic E-state index is 13.2. The Labute approximate surface area is 179 Å². The Bertz CT molecular complexity index is 1160. The molecular formula is C23H21ClFN3O2. The normalized spacial score (nSPS) is 14.3. The summed E-state index contributed by atoms with van der Waals surface area (Å²) in [4.78, 5) is 33.8. The highest BCUT2D eigenvalue weighted by Crippen LogP contribution is 2.22. The van der Waals surface area contributed by atoms with E-state index in [1.807, 2.05) is 38.1 Å². The first-order valence-electron chi connectivity index (χ1n) is 9.75. The largest absolute Gasteiger partial charge is 0.335 e. The molecule has 0 unspecified atom stereocenters. The van der Waals surface area contributed by atoms with Crippen LogP contribution in [0.4, 0.5) is 4.39 Å². The third-order valence-electron chi connectivity index (χ3n) is 5.41. The van der Waals surface area contributed by atoms with Gasteiger partial charge in [0.2, 0.25) is 0 Å². The lowest BCUT2D eigenvalue weighted by Gasteiger charge is -2.35. The Balaban J connectivity index is 1.48. The Morgan fingerprint density at radius 1 is 0.900 bits per heavy atom. The van der Waals surface area contributed by atoms with Crippen LogP contribution in [-0.2, 0) is 0 Å². The molecule has 0 N–H and O–H groups in total. The van der Waals surface area contributed by atoms with Gasteiger partial charge in [-0.3, -0.25) is 14.6 Å². The molecule has 3 aromatic rings. The van der Waals surface area contributed by atoms with Gasteiger partial charge in [0, 0.05) is 31.6 Å².